The third kappa shape index (κ3) is 7.69. The summed E-state index contributed by atoms with van der Waals surface area (Å²) >= 11 is 0. The standard InChI is InChI=1S/C28H37N7O5/c29-22(8-9-25(36)33-12-4-5-13-33)27(38)35-15-14-34(28(39)40-19-20-6-2-1-3-7-20)18-23(35)26(37)32-17-21-10-11-31-24(30)16-21/h1-3,6-7,10-11,16,22-23H,4-5,8-9,12-15,17-19,29H2,(H2,30,31)(H,32,37)/t22-,23+/m1/s1. The van der Waals surface area contributed by atoms with Crippen LogP contribution in [0.3, 0.4) is 0 Å². The third-order valence-corrected chi connectivity index (χ3v) is 7.19. The fourth-order valence-electron chi connectivity index (χ4n) is 4.90. The second-order valence-electron chi connectivity index (χ2n) is 10.1. The van der Waals surface area contributed by atoms with E-state index in [9.17, 15) is 19.2 Å². The highest BCUT2D eigenvalue weighted by atomic mass is 16.6. The SMILES string of the molecule is Nc1cc(CNC(=O)[C@@H]2CN(C(=O)OCc3ccccc3)CCN2C(=O)[C@H](N)CCC(=O)N2CCCC2)ccn1. The summed E-state index contributed by atoms with van der Waals surface area (Å²) in [5, 5.41) is 2.83. The van der Waals surface area contributed by atoms with Crippen molar-refractivity contribution in [3.8, 4) is 0 Å². The first kappa shape index (κ1) is 28.8. The Morgan fingerprint density at radius 1 is 1.00 bits per heavy atom. The number of likely N-dealkylation sites (tertiary alicyclic amines) is 1. The van der Waals surface area contributed by atoms with Crippen LogP contribution in [0.15, 0.2) is 48.7 Å². The van der Waals surface area contributed by atoms with Gasteiger partial charge in [0, 0.05) is 45.3 Å². The molecular weight excluding hydrogens is 514 g/mol. The number of hydrogen-bond donors (Lipinski definition) is 3. The molecule has 2 atom stereocenters. The van der Waals surface area contributed by atoms with E-state index in [0.29, 0.717) is 5.82 Å². The molecule has 0 radical (unpaired) electrons. The maximum absolute atomic E-state index is 13.4. The highest BCUT2D eigenvalue weighted by Gasteiger charge is 2.39. The number of piperazine rings is 1. The van der Waals surface area contributed by atoms with E-state index >= 15 is 0 Å². The molecular formula is C28H37N7O5. The third-order valence-electron chi connectivity index (χ3n) is 7.19. The van der Waals surface area contributed by atoms with Crippen LogP contribution in [0.4, 0.5) is 10.6 Å². The Bertz CT molecular complexity index is 1190. The van der Waals surface area contributed by atoms with Gasteiger partial charge in [-0.15, -0.1) is 0 Å². The quantitative estimate of drug-likeness (QED) is 0.413. The van der Waals surface area contributed by atoms with Crippen LogP contribution >= 0.6 is 0 Å². The molecule has 2 aliphatic rings. The number of nitrogens with two attached hydrogens (primary N) is 2. The molecule has 4 rings (SSSR count). The van der Waals surface area contributed by atoms with Crippen molar-refractivity contribution >= 4 is 29.6 Å². The van der Waals surface area contributed by atoms with E-state index in [1.54, 1.807) is 23.2 Å². The molecule has 2 saturated heterocycles. The Hall–Kier alpha value is -4.19. The van der Waals surface area contributed by atoms with Gasteiger partial charge in [0.05, 0.1) is 12.6 Å². The van der Waals surface area contributed by atoms with Gasteiger partial charge in [-0.25, -0.2) is 9.78 Å². The van der Waals surface area contributed by atoms with Crippen LogP contribution in [0.1, 0.15) is 36.8 Å². The Labute approximate surface area is 233 Å². The summed E-state index contributed by atoms with van der Waals surface area (Å²) in [4.78, 5) is 60.6. The first-order valence-corrected chi connectivity index (χ1v) is 13.6. The second kappa shape index (κ2) is 13.7. The van der Waals surface area contributed by atoms with Gasteiger partial charge < -0.3 is 36.2 Å². The molecule has 4 amide bonds. The summed E-state index contributed by atoms with van der Waals surface area (Å²) in [5.41, 5.74) is 13.5. The first-order chi connectivity index (χ1) is 19.3. The molecule has 0 bridgehead atoms. The zero-order valence-corrected chi connectivity index (χ0v) is 22.5. The van der Waals surface area contributed by atoms with Gasteiger partial charge >= 0.3 is 6.09 Å². The lowest BCUT2D eigenvalue weighted by atomic mass is 10.1. The van der Waals surface area contributed by atoms with Gasteiger partial charge in [-0.3, -0.25) is 14.4 Å². The van der Waals surface area contributed by atoms with E-state index in [1.165, 1.54) is 9.80 Å². The minimum atomic E-state index is -0.981. The van der Waals surface area contributed by atoms with Crippen LogP contribution in [0.2, 0.25) is 0 Å². The molecule has 0 spiro atoms. The topological polar surface area (TPSA) is 164 Å². The average Bonchev–Trinajstić information content (AvgIpc) is 3.52. The number of anilines is 1. The lowest BCUT2D eigenvalue weighted by Gasteiger charge is -2.41. The molecule has 0 saturated carbocycles. The van der Waals surface area contributed by atoms with Crippen molar-refractivity contribution in [2.45, 2.75) is 50.9 Å². The van der Waals surface area contributed by atoms with Crippen molar-refractivity contribution in [1.29, 1.82) is 0 Å². The largest absolute Gasteiger partial charge is 0.445 e. The van der Waals surface area contributed by atoms with Crippen molar-refractivity contribution < 1.29 is 23.9 Å². The number of amides is 4. The number of benzene rings is 1. The van der Waals surface area contributed by atoms with Crippen molar-refractivity contribution in [3.05, 3.63) is 59.8 Å². The number of rotatable bonds is 9. The van der Waals surface area contributed by atoms with Gasteiger partial charge in [-0.1, -0.05) is 30.3 Å². The minimum absolute atomic E-state index is 0.0161. The van der Waals surface area contributed by atoms with E-state index in [4.69, 9.17) is 16.2 Å². The number of carbonyl (C=O) groups is 4. The molecule has 214 valence electrons. The van der Waals surface area contributed by atoms with E-state index in [-0.39, 0.29) is 51.5 Å². The fourth-order valence-corrected chi connectivity index (χ4v) is 4.90. The van der Waals surface area contributed by atoms with Gasteiger partial charge in [0.25, 0.3) is 0 Å². The molecule has 40 heavy (non-hydrogen) atoms. The summed E-state index contributed by atoms with van der Waals surface area (Å²) < 4.78 is 5.46. The summed E-state index contributed by atoms with van der Waals surface area (Å²) in [6.45, 7) is 1.96. The summed E-state index contributed by atoms with van der Waals surface area (Å²) in [6, 6.07) is 10.7. The molecule has 2 aliphatic heterocycles. The van der Waals surface area contributed by atoms with Gasteiger partial charge in [0.15, 0.2) is 0 Å². The van der Waals surface area contributed by atoms with E-state index in [1.807, 2.05) is 30.3 Å². The Morgan fingerprint density at radius 3 is 2.48 bits per heavy atom. The number of nitrogen functional groups attached to an aromatic ring is 1. The lowest BCUT2D eigenvalue weighted by Crippen LogP contribution is -2.63. The number of ether oxygens (including phenoxy) is 1. The molecule has 2 fully saturated rings. The number of carbonyl (C=O) groups excluding carboxylic acids is 4. The fraction of sp³-hybridized carbons (Fsp3) is 0.464. The van der Waals surface area contributed by atoms with E-state index < -0.39 is 30.0 Å². The summed E-state index contributed by atoms with van der Waals surface area (Å²) in [7, 11) is 0. The van der Waals surface area contributed by atoms with Gasteiger partial charge in [-0.05, 0) is 42.5 Å². The maximum Gasteiger partial charge on any atom is 0.410 e. The molecule has 3 heterocycles. The number of aromatic nitrogens is 1. The van der Waals surface area contributed by atoms with Crippen LogP contribution in [0.25, 0.3) is 0 Å². The zero-order valence-electron chi connectivity index (χ0n) is 22.5. The van der Waals surface area contributed by atoms with Gasteiger partial charge in [-0.2, -0.15) is 0 Å². The number of nitrogens with one attached hydrogen (secondary N) is 1. The zero-order chi connectivity index (χ0) is 28.5. The Kier molecular flexibility index (Phi) is 9.90. The summed E-state index contributed by atoms with van der Waals surface area (Å²) in [5.74, 6) is -0.565. The average molecular weight is 552 g/mol. The second-order valence-corrected chi connectivity index (χ2v) is 10.1. The van der Waals surface area contributed by atoms with Crippen LogP contribution in [-0.4, -0.2) is 88.3 Å². The van der Waals surface area contributed by atoms with Gasteiger partial charge in [0.1, 0.15) is 18.5 Å². The van der Waals surface area contributed by atoms with Crippen molar-refractivity contribution in [3.63, 3.8) is 0 Å². The normalized spacial score (nSPS) is 17.8. The molecule has 0 aliphatic carbocycles. The molecule has 5 N–H and O–H groups in total. The molecule has 12 nitrogen and oxygen atoms in total. The van der Waals surface area contributed by atoms with E-state index in [0.717, 1.165) is 37.1 Å². The predicted octanol–water partition coefficient (Wildman–Crippen LogP) is 0.860. The molecule has 12 heteroatoms. The van der Waals surface area contributed by atoms with Crippen molar-refractivity contribution in [2.75, 3.05) is 38.5 Å². The monoisotopic (exact) mass is 551 g/mol. The molecule has 1 aromatic carbocycles. The first-order valence-electron chi connectivity index (χ1n) is 13.6. The molecule has 1 aromatic heterocycles. The molecule has 0 unspecified atom stereocenters. The van der Waals surface area contributed by atoms with Crippen molar-refractivity contribution in [2.24, 2.45) is 5.73 Å². The van der Waals surface area contributed by atoms with Crippen LogP contribution in [0.5, 0.6) is 0 Å². The Morgan fingerprint density at radius 2 is 1.75 bits per heavy atom. The molecule has 2 aromatic rings. The predicted molar refractivity (Wildman–Crippen MR) is 147 cm³/mol. The van der Waals surface area contributed by atoms with Crippen LogP contribution < -0.4 is 16.8 Å². The number of nitrogens with zero attached hydrogens (tertiary/aromatic N) is 4. The highest BCUT2D eigenvalue weighted by molar-refractivity contribution is 5.91. The lowest BCUT2D eigenvalue weighted by molar-refractivity contribution is -0.145. The highest BCUT2D eigenvalue weighted by Crippen LogP contribution is 2.17. The van der Waals surface area contributed by atoms with Crippen LogP contribution in [-0.2, 0) is 32.3 Å². The maximum atomic E-state index is 13.4. The van der Waals surface area contributed by atoms with E-state index in [2.05, 4.69) is 10.3 Å². The summed E-state index contributed by atoms with van der Waals surface area (Å²) in [6.07, 6.45) is 3.28. The Balaban J connectivity index is 1.40. The minimum Gasteiger partial charge on any atom is -0.445 e. The number of hydrogen-bond acceptors (Lipinski definition) is 8. The van der Waals surface area contributed by atoms with Crippen LogP contribution in [0, 0.1) is 0 Å². The van der Waals surface area contributed by atoms with Gasteiger partial charge in [0.2, 0.25) is 17.7 Å². The number of pyridine rings is 1. The van der Waals surface area contributed by atoms with Crippen molar-refractivity contribution in [1.82, 2.24) is 25.0 Å². The smallest absolute Gasteiger partial charge is 0.410 e.